The second kappa shape index (κ2) is 10.1. The second-order valence-corrected chi connectivity index (χ2v) is 8.66. The van der Waals surface area contributed by atoms with Gasteiger partial charge in [0.15, 0.2) is 5.78 Å². The molecule has 1 heterocycles. The van der Waals surface area contributed by atoms with Crippen molar-refractivity contribution in [1.82, 2.24) is 0 Å². The fraction of sp³-hybridized carbons (Fsp3) is 0.259. The number of hydrogen-bond acceptors (Lipinski definition) is 4. The monoisotopic (exact) mass is 464 g/mol. The molecule has 5 nitrogen and oxygen atoms in total. The molecule has 1 aliphatic rings. The summed E-state index contributed by atoms with van der Waals surface area (Å²) >= 11 is 6.36. The summed E-state index contributed by atoms with van der Waals surface area (Å²) in [5.41, 5.74) is 2.41. The smallest absolute Gasteiger partial charge is 0.311 e. The van der Waals surface area contributed by atoms with E-state index in [0.717, 1.165) is 6.42 Å². The van der Waals surface area contributed by atoms with E-state index in [9.17, 15) is 14.7 Å². The van der Waals surface area contributed by atoms with Crippen molar-refractivity contribution in [3.8, 4) is 17.2 Å². The van der Waals surface area contributed by atoms with Crippen molar-refractivity contribution in [2.24, 2.45) is 0 Å². The summed E-state index contributed by atoms with van der Waals surface area (Å²) in [6.07, 6.45) is 1.65. The Bertz CT molecular complexity index is 1140. The molecule has 0 spiro atoms. The van der Waals surface area contributed by atoms with E-state index in [1.54, 1.807) is 36.4 Å². The average Bonchev–Trinajstić information content (AvgIpc) is 2.83. The van der Waals surface area contributed by atoms with Crippen molar-refractivity contribution >= 4 is 23.4 Å². The van der Waals surface area contributed by atoms with Crippen molar-refractivity contribution < 1.29 is 24.2 Å². The van der Waals surface area contributed by atoms with Crippen LogP contribution in [0.4, 0.5) is 0 Å². The molecular formula is C27H25ClO5. The number of Topliss-reactive ketones (excluding diaryl/α,β-unsaturated/α-hetero) is 1. The molecule has 0 amide bonds. The topological polar surface area (TPSA) is 72.8 Å². The van der Waals surface area contributed by atoms with Gasteiger partial charge in [0.2, 0.25) is 0 Å². The quantitative estimate of drug-likeness (QED) is 0.369. The number of aliphatic carboxylic acids is 1. The summed E-state index contributed by atoms with van der Waals surface area (Å²) in [6, 6.07) is 20.3. The summed E-state index contributed by atoms with van der Waals surface area (Å²) in [7, 11) is 0. The summed E-state index contributed by atoms with van der Waals surface area (Å²) in [5.74, 6) is 0.218. The molecule has 1 aliphatic heterocycles. The highest BCUT2D eigenvalue weighted by Crippen LogP contribution is 2.41. The molecule has 0 radical (unpaired) electrons. The van der Waals surface area contributed by atoms with Gasteiger partial charge in [-0.1, -0.05) is 48.9 Å². The summed E-state index contributed by atoms with van der Waals surface area (Å²) in [6.45, 7) is 2.45. The maximum absolute atomic E-state index is 12.6. The highest BCUT2D eigenvalue weighted by molar-refractivity contribution is 6.32. The van der Waals surface area contributed by atoms with E-state index in [0.29, 0.717) is 58.8 Å². The van der Waals surface area contributed by atoms with Gasteiger partial charge in [0.25, 0.3) is 0 Å². The van der Waals surface area contributed by atoms with Gasteiger partial charge in [-0.05, 0) is 54.7 Å². The van der Waals surface area contributed by atoms with Gasteiger partial charge in [0, 0.05) is 23.6 Å². The normalized spacial score (nSPS) is 15.8. The Labute approximate surface area is 197 Å². The van der Waals surface area contributed by atoms with Crippen LogP contribution in [0.1, 0.15) is 59.5 Å². The van der Waals surface area contributed by atoms with E-state index in [-0.39, 0.29) is 5.78 Å². The van der Waals surface area contributed by atoms with E-state index in [1.165, 1.54) is 5.56 Å². The third kappa shape index (κ3) is 5.37. The van der Waals surface area contributed by atoms with Gasteiger partial charge in [-0.15, -0.1) is 0 Å². The first-order chi connectivity index (χ1) is 15.9. The molecule has 0 saturated heterocycles. The number of ether oxygens (including phenoxy) is 2. The number of rotatable bonds is 8. The molecule has 0 fully saturated rings. The highest BCUT2D eigenvalue weighted by Gasteiger charge is 2.29. The number of carboxylic acid groups (broad SMARTS) is 1. The first-order valence-corrected chi connectivity index (χ1v) is 11.4. The fourth-order valence-corrected chi connectivity index (χ4v) is 4.21. The zero-order valence-electron chi connectivity index (χ0n) is 18.3. The van der Waals surface area contributed by atoms with Crippen LogP contribution in [0.25, 0.3) is 0 Å². The number of carboxylic acids is 1. The molecule has 3 aromatic carbocycles. The largest absolute Gasteiger partial charge is 0.493 e. The lowest BCUT2D eigenvalue weighted by atomic mass is 9.93. The van der Waals surface area contributed by atoms with Crippen LogP contribution in [-0.2, 0) is 4.79 Å². The van der Waals surface area contributed by atoms with Crippen molar-refractivity contribution in [2.75, 3.05) is 6.61 Å². The molecule has 2 atom stereocenters. The van der Waals surface area contributed by atoms with E-state index < -0.39 is 11.9 Å². The van der Waals surface area contributed by atoms with Gasteiger partial charge < -0.3 is 14.6 Å². The minimum atomic E-state index is -0.900. The molecule has 4 rings (SSSR count). The number of carbonyl (C=O) groups excluding carboxylic acids is 1. The second-order valence-electron chi connectivity index (χ2n) is 8.25. The minimum Gasteiger partial charge on any atom is -0.493 e. The first-order valence-electron chi connectivity index (χ1n) is 11.0. The third-order valence-corrected chi connectivity index (χ3v) is 6.27. The van der Waals surface area contributed by atoms with E-state index in [1.807, 2.05) is 18.2 Å². The first kappa shape index (κ1) is 22.9. The van der Waals surface area contributed by atoms with Gasteiger partial charge in [-0.3, -0.25) is 9.59 Å². The van der Waals surface area contributed by atoms with Crippen LogP contribution >= 0.6 is 11.6 Å². The summed E-state index contributed by atoms with van der Waals surface area (Å²) in [4.78, 5) is 24.1. The van der Waals surface area contributed by atoms with Crippen LogP contribution in [0, 0.1) is 0 Å². The van der Waals surface area contributed by atoms with Crippen molar-refractivity contribution in [1.29, 1.82) is 0 Å². The molecule has 3 aromatic rings. The van der Waals surface area contributed by atoms with Crippen molar-refractivity contribution in [3.63, 3.8) is 0 Å². The Hall–Kier alpha value is -3.31. The fourth-order valence-electron chi connectivity index (χ4n) is 4.00. The lowest BCUT2D eigenvalue weighted by molar-refractivity contribution is -0.139. The van der Waals surface area contributed by atoms with Gasteiger partial charge in [-0.25, -0.2) is 0 Å². The van der Waals surface area contributed by atoms with E-state index in [2.05, 4.69) is 19.1 Å². The lowest BCUT2D eigenvalue weighted by Crippen LogP contribution is -2.20. The van der Waals surface area contributed by atoms with E-state index in [4.69, 9.17) is 21.1 Å². The third-order valence-electron chi connectivity index (χ3n) is 5.98. The Morgan fingerprint density at radius 2 is 1.85 bits per heavy atom. The summed E-state index contributed by atoms with van der Waals surface area (Å²) in [5, 5.41) is 9.73. The van der Waals surface area contributed by atoms with Gasteiger partial charge in [-0.2, -0.15) is 0 Å². The van der Waals surface area contributed by atoms with Gasteiger partial charge in [0.1, 0.15) is 17.2 Å². The highest BCUT2D eigenvalue weighted by atomic mass is 35.5. The SMILES string of the molecule is C[C@H](CCC(=O)c1ccc(Oc2cc3c(cc2Cl)C(C(=O)O)CCO3)cc1)c1ccccc1. The van der Waals surface area contributed by atoms with Crippen LogP contribution < -0.4 is 9.47 Å². The molecule has 1 N–H and O–H groups in total. The van der Waals surface area contributed by atoms with Crippen LogP contribution in [0.3, 0.4) is 0 Å². The van der Waals surface area contributed by atoms with Gasteiger partial charge in [0.05, 0.1) is 17.5 Å². The zero-order valence-corrected chi connectivity index (χ0v) is 19.0. The lowest BCUT2D eigenvalue weighted by Gasteiger charge is -2.24. The molecule has 0 bridgehead atoms. The number of benzene rings is 3. The van der Waals surface area contributed by atoms with Crippen LogP contribution in [0.5, 0.6) is 17.2 Å². The zero-order chi connectivity index (χ0) is 23.4. The number of halogens is 1. The van der Waals surface area contributed by atoms with Crippen LogP contribution in [0.15, 0.2) is 66.7 Å². The Morgan fingerprint density at radius 1 is 1.12 bits per heavy atom. The molecule has 33 heavy (non-hydrogen) atoms. The molecule has 0 saturated carbocycles. The molecule has 6 heteroatoms. The molecule has 1 unspecified atom stereocenters. The predicted molar refractivity (Wildman–Crippen MR) is 127 cm³/mol. The maximum atomic E-state index is 12.6. The van der Waals surface area contributed by atoms with Crippen molar-refractivity contribution in [2.45, 2.75) is 38.0 Å². The predicted octanol–water partition coefficient (Wildman–Crippen LogP) is 6.85. The molecule has 170 valence electrons. The molecular weight excluding hydrogens is 440 g/mol. The number of fused-ring (bicyclic) bond motifs is 1. The standard InChI is InChI=1S/C27H25ClO5/c1-17(18-5-3-2-4-6-18)7-12-24(29)19-8-10-20(11-9-19)33-26-16-25-22(15-23(26)28)21(27(30)31)13-14-32-25/h2-6,8-11,15-17,21H,7,12-14H2,1H3,(H,30,31)/t17-,21?/m1/s1. The molecule has 0 aliphatic carbocycles. The average molecular weight is 465 g/mol. The number of hydrogen-bond donors (Lipinski definition) is 1. The summed E-state index contributed by atoms with van der Waals surface area (Å²) < 4.78 is 11.5. The van der Waals surface area contributed by atoms with Gasteiger partial charge >= 0.3 is 5.97 Å². The minimum absolute atomic E-state index is 0.0873. The molecule has 0 aromatic heterocycles. The Kier molecular flexibility index (Phi) is 6.99. The van der Waals surface area contributed by atoms with E-state index >= 15 is 0 Å². The number of carbonyl (C=O) groups is 2. The van der Waals surface area contributed by atoms with Crippen molar-refractivity contribution in [3.05, 3.63) is 88.4 Å². The number of ketones is 1. The van der Waals surface area contributed by atoms with Crippen LogP contribution in [-0.4, -0.2) is 23.5 Å². The maximum Gasteiger partial charge on any atom is 0.311 e. The van der Waals surface area contributed by atoms with Crippen LogP contribution in [0.2, 0.25) is 5.02 Å². The Balaban J connectivity index is 1.40. The Morgan fingerprint density at radius 3 is 2.55 bits per heavy atom.